The molecule has 1 N–H and O–H groups in total. The number of hydrogen-bond acceptors (Lipinski definition) is 7. The highest BCUT2D eigenvalue weighted by atomic mass is 32.1. The first-order valence-corrected chi connectivity index (χ1v) is 10.5. The molecule has 8 nitrogen and oxygen atoms in total. The Morgan fingerprint density at radius 2 is 1.83 bits per heavy atom. The van der Waals surface area contributed by atoms with Crippen LogP contribution in [0.5, 0.6) is 11.5 Å². The maximum absolute atomic E-state index is 12.8. The van der Waals surface area contributed by atoms with Gasteiger partial charge in [0.05, 0.1) is 37.8 Å². The molecule has 2 aromatic rings. The number of nitrogens with zero attached hydrogens (tertiary/aromatic N) is 2. The molecular formula is C20H27N3O5S. The zero-order valence-electron chi connectivity index (χ0n) is 17.2. The highest BCUT2D eigenvalue weighted by Crippen LogP contribution is 2.39. The van der Waals surface area contributed by atoms with Crippen LogP contribution in [0.1, 0.15) is 29.2 Å². The van der Waals surface area contributed by atoms with E-state index in [9.17, 15) is 9.59 Å². The van der Waals surface area contributed by atoms with Gasteiger partial charge in [-0.3, -0.25) is 9.59 Å². The van der Waals surface area contributed by atoms with E-state index < -0.39 is 0 Å². The van der Waals surface area contributed by atoms with E-state index in [-0.39, 0.29) is 10.8 Å². The SMILES string of the molecule is CCOc1cc(N2CCOCC2)c(OCC)cc1NC(=O)c1sc(=O)n(C)c1C. The number of morpholine rings is 1. The molecule has 2 heterocycles. The molecule has 1 aliphatic rings. The minimum absolute atomic E-state index is 0.171. The van der Waals surface area contributed by atoms with Gasteiger partial charge in [-0.15, -0.1) is 0 Å². The number of benzene rings is 1. The third-order valence-corrected chi connectivity index (χ3v) is 5.90. The van der Waals surface area contributed by atoms with Gasteiger partial charge in [-0.1, -0.05) is 11.3 Å². The number of thiazole rings is 1. The lowest BCUT2D eigenvalue weighted by molar-refractivity contribution is 0.102. The summed E-state index contributed by atoms with van der Waals surface area (Å²) in [4.78, 5) is 27.1. The molecule has 3 rings (SSSR count). The molecular weight excluding hydrogens is 394 g/mol. The number of ether oxygens (including phenoxy) is 3. The van der Waals surface area contributed by atoms with E-state index in [4.69, 9.17) is 14.2 Å². The Morgan fingerprint density at radius 3 is 2.41 bits per heavy atom. The molecule has 1 aromatic carbocycles. The van der Waals surface area contributed by atoms with Gasteiger partial charge in [-0.05, 0) is 20.8 Å². The average molecular weight is 422 g/mol. The molecule has 1 aliphatic heterocycles. The summed E-state index contributed by atoms with van der Waals surface area (Å²) in [7, 11) is 1.65. The van der Waals surface area contributed by atoms with Crippen molar-refractivity contribution in [2.75, 3.05) is 49.7 Å². The highest BCUT2D eigenvalue weighted by molar-refractivity contribution is 7.11. The largest absolute Gasteiger partial charge is 0.492 e. The van der Waals surface area contributed by atoms with Gasteiger partial charge in [0.1, 0.15) is 16.4 Å². The van der Waals surface area contributed by atoms with Gasteiger partial charge in [0.25, 0.3) is 5.91 Å². The smallest absolute Gasteiger partial charge is 0.307 e. The van der Waals surface area contributed by atoms with Crippen molar-refractivity contribution in [3.63, 3.8) is 0 Å². The number of nitrogens with one attached hydrogen (secondary N) is 1. The molecule has 0 unspecified atom stereocenters. The highest BCUT2D eigenvalue weighted by Gasteiger charge is 2.22. The van der Waals surface area contributed by atoms with Crippen LogP contribution < -0.4 is 24.6 Å². The summed E-state index contributed by atoms with van der Waals surface area (Å²) in [6.07, 6.45) is 0. The number of rotatable bonds is 7. The fourth-order valence-corrected chi connectivity index (χ4v) is 4.03. The summed E-state index contributed by atoms with van der Waals surface area (Å²) >= 11 is 0.929. The first kappa shape index (κ1) is 21.2. The number of aromatic nitrogens is 1. The molecule has 0 saturated carbocycles. The normalized spacial score (nSPS) is 14.0. The Bertz CT molecular complexity index is 931. The third-order valence-electron chi connectivity index (χ3n) is 4.76. The van der Waals surface area contributed by atoms with Crippen LogP contribution in [0.3, 0.4) is 0 Å². The average Bonchev–Trinajstić information content (AvgIpc) is 2.98. The number of carbonyl (C=O) groups excluding carboxylic acids is 1. The van der Waals surface area contributed by atoms with Crippen LogP contribution in [-0.4, -0.2) is 50.0 Å². The van der Waals surface area contributed by atoms with Gasteiger partial charge < -0.3 is 29.0 Å². The standard InChI is InChI=1S/C20H27N3O5S/c1-5-27-16-12-15(23-7-9-26-10-8-23)17(28-6-2)11-14(16)21-19(24)18-13(3)22(4)20(25)29-18/h11-12H,5-10H2,1-4H3,(H,21,24). The second-order valence-electron chi connectivity index (χ2n) is 6.58. The zero-order chi connectivity index (χ0) is 21.0. The summed E-state index contributed by atoms with van der Waals surface area (Å²) < 4.78 is 18.6. The van der Waals surface area contributed by atoms with Gasteiger partial charge in [0, 0.05) is 38.0 Å². The van der Waals surface area contributed by atoms with Crippen LogP contribution in [-0.2, 0) is 11.8 Å². The second kappa shape index (κ2) is 9.32. The van der Waals surface area contributed by atoms with E-state index >= 15 is 0 Å². The van der Waals surface area contributed by atoms with Crippen molar-refractivity contribution in [3.8, 4) is 11.5 Å². The maximum Gasteiger partial charge on any atom is 0.307 e. The number of carbonyl (C=O) groups is 1. The van der Waals surface area contributed by atoms with E-state index in [0.29, 0.717) is 54.2 Å². The van der Waals surface area contributed by atoms with Crippen molar-refractivity contribution in [2.45, 2.75) is 20.8 Å². The summed E-state index contributed by atoms with van der Waals surface area (Å²) in [6.45, 7) is 9.34. The van der Waals surface area contributed by atoms with E-state index in [0.717, 1.165) is 30.1 Å². The lowest BCUT2D eigenvalue weighted by Crippen LogP contribution is -2.36. The van der Waals surface area contributed by atoms with Gasteiger partial charge in [0.2, 0.25) is 0 Å². The minimum atomic E-state index is -0.340. The van der Waals surface area contributed by atoms with Crippen LogP contribution in [0.15, 0.2) is 16.9 Å². The van der Waals surface area contributed by atoms with E-state index in [1.807, 2.05) is 19.9 Å². The summed E-state index contributed by atoms with van der Waals surface area (Å²) in [5.41, 5.74) is 2.06. The Balaban J connectivity index is 1.97. The van der Waals surface area contributed by atoms with Crippen molar-refractivity contribution in [1.82, 2.24) is 4.57 Å². The Hall–Kier alpha value is -2.52. The maximum atomic E-state index is 12.8. The third kappa shape index (κ3) is 4.56. The minimum Gasteiger partial charge on any atom is -0.492 e. The second-order valence-corrected chi connectivity index (χ2v) is 7.54. The van der Waals surface area contributed by atoms with Gasteiger partial charge >= 0.3 is 4.87 Å². The lowest BCUT2D eigenvalue weighted by Gasteiger charge is -2.31. The first-order chi connectivity index (χ1) is 14.0. The first-order valence-electron chi connectivity index (χ1n) is 9.70. The van der Waals surface area contributed by atoms with E-state index in [1.54, 1.807) is 20.0 Å². The molecule has 0 atom stereocenters. The Kier molecular flexibility index (Phi) is 6.81. The number of anilines is 2. The lowest BCUT2D eigenvalue weighted by atomic mass is 10.2. The monoisotopic (exact) mass is 421 g/mol. The summed E-state index contributed by atoms with van der Waals surface area (Å²) in [5.74, 6) is 0.894. The predicted molar refractivity (Wildman–Crippen MR) is 114 cm³/mol. The van der Waals surface area contributed by atoms with Gasteiger partial charge in [0.15, 0.2) is 0 Å². The van der Waals surface area contributed by atoms with Crippen molar-refractivity contribution >= 4 is 28.6 Å². The quantitative estimate of drug-likeness (QED) is 0.740. The van der Waals surface area contributed by atoms with Crippen molar-refractivity contribution in [1.29, 1.82) is 0 Å². The van der Waals surface area contributed by atoms with Crippen LogP contribution in [0, 0.1) is 6.92 Å². The van der Waals surface area contributed by atoms with Crippen molar-refractivity contribution in [3.05, 3.63) is 32.4 Å². The predicted octanol–water partition coefficient (Wildman–Crippen LogP) is 2.64. The van der Waals surface area contributed by atoms with Crippen LogP contribution in [0.2, 0.25) is 0 Å². The summed E-state index contributed by atoms with van der Waals surface area (Å²) in [6, 6.07) is 3.69. The van der Waals surface area contributed by atoms with Crippen LogP contribution >= 0.6 is 11.3 Å². The molecule has 0 bridgehead atoms. The van der Waals surface area contributed by atoms with Crippen LogP contribution in [0.4, 0.5) is 11.4 Å². The molecule has 0 spiro atoms. The Labute approximate surface area is 174 Å². The molecule has 1 fully saturated rings. The zero-order valence-corrected chi connectivity index (χ0v) is 18.1. The number of amides is 1. The molecule has 1 saturated heterocycles. The fraction of sp³-hybridized carbons (Fsp3) is 0.500. The summed E-state index contributed by atoms with van der Waals surface area (Å²) in [5, 5.41) is 2.89. The molecule has 29 heavy (non-hydrogen) atoms. The van der Waals surface area contributed by atoms with E-state index in [1.165, 1.54) is 4.57 Å². The molecule has 9 heteroatoms. The molecule has 0 radical (unpaired) electrons. The van der Waals surface area contributed by atoms with Crippen molar-refractivity contribution < 1.29 is 19.0 Å². The fourth-order valence-electron chi connectivity index (χ4n) is 3.15. The molecule has 1 aromatic heterocycles. The van der Waals surface area contributed by atoms with Crippen molar-refractivity contribution in [2.24, 2.45) is 7.05 Å². The van der Waals surface area contributed by atoms with Crippen LogP contribution in [0.25, 0.3) is 0 Å². The van der Waals surface area contributed by atoms with Gasteiger partial charge in [-0.2, -0.15) is 0 Å². The molecule has 1 amide bonds. The molecule has 0 aliphatic carbocycles. The van der Waals surface area contributed by atoms with Gasteiger partial charge in [-0.25, -0.2) is 0 Å². The molecule has 158 valence electrons. The van der Waals surface area contributed by atoms with E-state index in [2.05, 4.69) is 10.2 Å². The Morgan fingerprint density at radius 1 is 1.17 bits per heavy atom. The number of hydrogen-bond donors (Lipinski definition) is 1. The topological polar surface area (TPSA) is 82.0 Å².